The first-order valence-corrected chi connectivity index (χ1v) is 11.1. The topological polar surface area (TPSA) is 94.6 Å². The van der Waals surface area contributed by atoms with Crippen molar-refractivity contribution in [2.24, 2.45) is 0 Å². The lowest BCUT2D eigenvalue weighted by Gasteiger charge is -2.51. The lowest BCUT2D eigenvalue weighted by atomic mass is 9.88. The molecule has 3 heterocycles. The molecule has 0 aromatic heterocycles. The van der Waals surface area contributed by atoms with E-state index in [9.17, 15) is 14.4 Å². The van der Waals surface area contributed by atoms with Gasteiger partial charge in [-0.2, -0.15) is 0 Å². The third-order valence-electron chi connectivity index (χ3n) is 6.57. The van der Waals surface area contributed by atoms with Crippen molar-refractivity contribution >= 4 is 17.7 Å². The molecular formula is C25H26N2O7. The van der Waals surface area contributed by atoms with Crippen LogP contribution in [0.3, 0.4) is 0 Å². The Balaban J connectivity index is 1.48. The Morgan fingerprint density at radius 1 is 1.00 bits per heavy atom. The van der Waals surface area contributed by atoms with Crippen molar-refractivity contribution in [1.29, 1.82) is 0 Å². The van der Waals surface area contributed by atoms with Gasteiger partial charge in [-0.25, -0.2) is 0 Å². The number of rotatable bonds is 6. The number of nitrogens with zero attached hydrogens (tertiary/aromatic N) is 2. The fraction of sp³-hybridized carbons (Fsp3) is 0.400. The van der Waals surface area contributed by atoms with Crippen LogP contribution in [-0.4, -0.2) is 72.3 Å². The number of hydrogen-bond acceptors (Lipinski definition) is 7. The molecule has 2 aromatic rings. The van der Waals surface area contributed by atoms with E-state index in [4.69, 9.17) is 18.9 Å². The smallest absolute Gasteiger partial charge is 0.262 e. The Kier molecular flexibility index (Phi) is 5.33. The Hall–Kier alpha value is -3.43. The summed E-state index contributed by atoms with van der Waals surface area (Å²) < 4.78 is 22.6. The van der Waals surface area contributed by atoms with Crippen LogP contribution in [0.25, 0.3) is 0 Å². The van der Waals surface area contributed by atoms with Gasteiger partial charge in [0, 0.05) is 18.2 Å². The molecule has 0 radical (unpaired) electrons. The number of ether oxygens (including phenoxy) is 4. The highest BCUT2D eigenvalue weighted by molar-refractivity contribution is 6.23. The summed E-state index contributed by atoms with van der Waals surface area (Å²) in [6.45, 7) is 4.04. The second-order valence-corrected chi connectivity index (χ2v) is 8.97. The highest BCUT2D eigenvalue weighted by Gasteiger charge is 2.60. The molecule has 3 aliphatic heterocycles. The van der Waals surface area contributed by atoms with Crippen molar-refractivity contribution < 1.29 is 33.3 Å². The minimum Gasteiger partial charge on any atom is -0.497 e. The van der Waals surface area contributed by atoms with Crippen LogP contribution < -0.4 is 9.47 Å². The van der Waals surface area contributed by atoms with Crippen LogP contribution in [-0.2, 0) is 20.8 Å². The SMILES string of the molecule is COc1ccc(CN2C(=O)[C@@H](N3C(=O)c4ccccc4C3=O)[C@H]2C2COC(C)(C)O2)c(OC)c1. The summed E-state index contributed by atoms with van der Waals surface area (Å²) in [5.41, 5.74) is 1.37. The van der Waals surface area contributed by atoms with E-state index in [1.807, 2.05) is 6.07 Å². The van der Waals surface area contributed by atoms with Gasteiger partial charge in [-0.3, -0.25) is 19.3 Å². The van der Waals surface area contributed by atoms with Crippen LogP contribution in [0.15, 0.2) is 42.5 Å². The third kappa shape index (κ3) is 3.43. The Morgan fingerprint density at radius 2 is 1.68 bits per heavy atom. The maximum Gasteiger partial charge on any atom is 0.262 e. The molecule has 2 fully saturated rings. The van der Waals surface area contributed by atoms with Crippen molar-refractivity contribution in [2.45, 2.75) is 44.4 Å². The molecule has 178 valence electrons. The number of amides is 3. The van der Waals surface area contributed by atoms with Crippen LogP contribution >= 0.6 is 0 Å². The van der Waals surface area contributed by atoms with E-state index < -0.39 is 35.8 Å². The van der Waals surface area contributed by atoms with E-state index in [1.54, 1.807) is 69.4 Å². The molecule has 3 aliphatic rings. The van der Waals surface area contributed by atoms with Gasteiger partial charge >= 0.3 is 0 Å². The summed E-state index contributed by atoms with van der Waals surface area (Å²) in [7, 11) is 3.11. The van der Waals surface area contributed by atoms with E-state index in [-0.39, 0.29) is 19.1 Å². The molecule has 1 unspecified atom stereocenters. The summed E-state index contributed by atoms with van der Waals surface area (Å²) in [6.07, 6.45) is -0.508. The van der Waals surface area contributed by atoms with Crippen LogP contribution in [0.1, 0.15) is 40.1 Å². The fourth-order valence-corrected chi connectivity index (χ4v) is 4.91. The van der Waals surface area contributed by atoms with Crippen molar-refractivity contribution in [3.05, 3.63) is 59.2 Å². The largest absolute Gasteiger partial charge is 0.497 e. The van der Waals surface area contributed by atoms with Gasteiger partial charge in [-0.15, -0.1) is 0 Å². The number of benzene rings is 2. The van der Waals surface area contributed by atoms with Gasteiger partial charge in [0.2, 0.25) is 5.91 Å². The lowest BCUT2D eigenvalue weighted by Crippen LogP contribution is -2.74. The number of β-lactam (4-membered cyclic amide) rings is 1. The van der Waals surface area contributed by atoms with Gasteiger partial charge in [0.15, 0.2) is 5.79 Å². The third-order valence-corrected chi connectivity index (χ3v) is 6.57. The van der Waals surface area contributed by atoms with Gasteiger partial charge in [0.05, 0.1) is 38.0 Å². The molecule has 0 bridgehead atoms. The first-order chi connectivity index (χ1) is 16.3. The zero-order valence-corrected chi connectivity index (χ0v) is 19.4. The first kappa shape index (κ1) is 22.4. The summed E-state index contributed by atoms with van der Waals surface area (Å²) in [5, 5.41) is 0. The quantitative estimate of drug-likeness (QED) is 0.476. The number of carbonyl (C=O) groups is 3. The van der Waals surface area contributed by atoms with Crippen molar-refractivity contribution in [1.82, 2.24) is 9.80 Å². The molecule has 9 heteroatoms. The average Bonchev–Trinajstić information content (AvgIpc) is 3.31. The monoisotopic (exact) mass is 466 g/mol. The van der Waals surface area contributed by atoms with Gasteiger partial charge in [-0.1, -0.05) is 12.1 Å². The van der Waals surface area contributed by atoms with Crippen molar-refractivity contribution in [2.75, 3.05) is 20.8 Å². The Labute approximate surface area is 197 Å². The molecule has 0 aliphatic carbocycles. The van der Waals surface area contributed by atoms with E-state index >= 15 is 0 Å². The molecule has 2 aromatic carbocycles. The summed E-state index contributed by atoms with van der Waals surface area (Å²) in [6, 6.07) is 10.4. The number of hydrogen-bond donors (Lipinski definition) is 0. The first-order valence-electron chi connectivity index (χ1n) is 11.1. The molecule has 0 spiro atoms. The summed E-state index contributed by atoms with van der Waals surface area (Å²) >= 11 is 0. The molecule has 0 saturated carbocycles. The van der Waals surface area contributed by atoms with Gasteiger partial charge in [0.1, 0.15) is 23.6 Å². The van der Waals surface area contributed by atoms with Crippen molar-refractivity contribution in [3.8, 4) is 11.5 Å². The normalized spacial score (nSPS) is 25.4. The fourth-order valence-electron chi connectivity index (χ4n) is 4.91. The Bertz CT molecular complexity index is 1140. The number of methoxy groups -OCH3 is 2. The molecule has 3 atom stereocenters. The lowest BCUT2D eigenvalue weighted by molar-refractivity contribution is -0.179. The summed E-state index contributed by atoms with van der Waals surface area (Å²) in [4.78, 5) is 42.4. The summed E-state index contributed by atoms with van der Waals surface area (Å²) in [5.74, 6) is -0.901. The van der Waals surface area contributed by atoms with Gasteiger partial charge in [0.25, 0.3) is 11.8 Å². The highest BCUT2D eigenvalue weighted by Crippen LogP contribution is 2.40. The Morgan fingerprint density at radius 3 is 2.24 bits per heavy atom. The van der Waals surface area contributed by atoms with Gasteiger partial charge in [-0.05, 0) is 38.1 Å². The van der Waals surface area contributed by atoms with Crippen LogP contribution in [0.5, 0.6) is 11.5 Å². The van der Waals surface area contributed by atoms with Crippen LogP contribution in [0, 0.1) is 0 Å². The second kappa shape index (κ2) is 8.11. The van der Waals surface area contributed by atoms with Gasteiger partial charge < -0.3 is 23.8 Å². The standard InChI is InChI=1S/C25H26N2O7/c1-25(2)33-13-19(34-25)20-21(27-22(28)16-7-5-6-8-17(16)23(27)29)24(30)26(20)12-14-9-10-15(31-3)11-18(14)32-4/h5-11,19-21H,12-13H2,1-4H3/t19?,20-,21+/m1/s1. The minimum atomic E-state index is -0.973. The van der Waals surface area contributed by atoms with E-state index in [0.717, 1.165) is 10.5 Å². The highest BCUT2D eigenvalue weighted by atomic mass is 16.7. The predicted molar refractivity (Wildman–Crippen MR) is 120 cm³/mol. The molecule has 34 heavy (non-hydrogen) atoms. The van der Waals surface area contributed by atoms with Crippen molar-refractivity contribution in [3.63, 3.8) is 0 Å². The zero-order valence-electron chi connectivity index (χ0n) is 19.4. The number of imide groups is 1. The van der Waals surface area contributed by atoms with E-state index in [1.165, 1.54) is 0 Å². The zero-order chi connectivity index (χ0) is 24.2. The second-order valence-electron chi connectivity index (χ2n) is 8.97. The van der Waals surface area contributed by atoms with E-state index in [0.29, 0.717) is 22.6 Å². The predicted octanol–water partition coefficient (Wildman–Crippen LogP) is 2.23. The number of fused-ring (bicyclic) bond motifs is 1. The van der Waals surface area contributed by atoms with Crippen LogP contribution in [0.4, 0.5) is 0 Å². The molecular weight excluding hydrogens is 440 g/mol. The molecule has 0 N–H and O–H groups in total. The maximum atomic E-state index is 13.5. The molecule has 9 nitrogen and oxygen atoms in total. The number of carbonyl (C=O) groups excluding carboxylic acids is 3. The average molecular weight is 466 g/mol. The van der Waals surface area contributed by atoms with Crippen LogP contribution in [0.2, 0.25) is 0 Å². The maximum absolute atomic E-state index is 13.5. The van der Waals surface area contributed by atoms with E-state index in [2.05, 4.69) is 0 Å². The molecule has 3 amide bonds. The minimum absolute atomic E-state index is 0.219. The molecule has 2 saturated heterocycles. The number of likely N-dealkylation sites (tertiary alicyclic amines) is 1. The molecule has 5 rings (SSSR count).